The molecule has 0 spiro atoms. The number of hydrogen-bond acceptors (Lipinski definition) is 3. The number of carbonyl (C=O) groups is 1. The molecule has 0 aliphatic rings. The fourth-order valence-corrected chi connectivity index (χ4v) is 3.17. The Morgan fingerprint density at radius 2 is 1.85 bits per heavy atom. The van der Waals surface area contributed by atoms with Crippen molar-refractivity contribution in [2.45, 2.75) is 39.8 Å². The van der Waals surface area contributed by atoms with E-state index in [0.717, 1.165) is 16.6 Å². The number of amides is 1. The van der Waals surface area contributed by atoms with Crippen molar-refractivity contribution in [3.8, 4) is 0 Å². The first kappa shape index (κ1) is 18.8. The highest BCUT2D eigenvalue weighted by Crippen LogP contribution is 2.20. The highest BCUT2D eigenvalue weighted by atomic mass is 16.2. The van der Waals surface area contributed by atoms with E-state index in [2.05, 4.69) is 4.98 Å². The monoisotopic (exact) mass is 363 g/mol. The standard InChI is InChI=1S/C22H25N3O2/c1-15-8-10-18(11-9-15)17(3)24(4)20(26)12-13-25-14-23-21-16(2)6-5-7-19(21)22(25)27/h5-11,14,17H,12-13H2,1-4H3. The number of para-hydroxylation sites is 1. The number of fused-ring (bicyclic) bond motifs is 1. The van der Waals surface area contributed by atoms with Gasteiger partial charge in [-0.1, -0.05) is 42.0 Å². The van der Waals surface area contributed by atoms with Gasteiger partial charge in [-0.25, -0.2) is 4.98 Å². The summed E-state index contributed by atoms with van der Waals surface area (Å²) in [4.78, 5) is 31.4. The summed E-state index contributed by atoms with van der Waals surface area (Å²) in [6, 6.07) is 13.7. The molecule has 1 aromatic heterocycles. The maximum atomic E-state index is 12.6. The molecule has 0 bridgehead atoms. The first-order valence-corrected chi connectivity index (χ1v) is 9.15. The zero-order valence-electron chi connectivity index (χ0n) is 16.3. The molecule has 27 heavy (non-hydrogen) atoms. The summed E-state index contributed by atoms with van der Waals surface area (Å²) in [5.41, 5.74) is 3.87. The number of rotatable bonds is 5. The minimum absolute atomic E-state index is 0.000635. The Kier molecular flexibility index (Phi) is 5.40. The van der Waals surface area contributed by atoms with Crippen LogP contribution in [-0.2, 0) is 11.3 Å². The van der Waals surface area contributed by atoms with Crippen molar-refractivity contribution in [1.82, 2.24) is 14.5 Å². The minimum atomic E-state index is -0.106. The summed E-state index contributed by atoms with van der Waals surface area (Å²) in [7, 11) is 1.80. The Morgan fingerprint density at radius 1 is 1.15 bits per heavy atom. The Labute approximate surface area is 159 Å². The second kappa shape index (κ2) is 7.74. The molecule has 1 atom stereocenters. The van der Waals surface area contributed by atoms with Crippen molar-refractivity contribution in [3.63, 3.8) is 0 Å². The third kappa shape index (κ3) is 3.92. The average Bonchev–Trinajstić information content (AvgIpc) is 2.67. The summed E-state index contributed by atoms with van der Waals surface area (Å²) in [5, 5.41) is 0.589. The van der Waals surface area contributed by atoms with E-state index in [0.29, 0.717) is 11.9 Å². The Bertz CT molecular complexity index is 1020. The Balaban J connectivity index is 1.71. The van der Waals surface area contributed by atoms with E-state index in [4.69, 9.17) is 0 Å². The van der Waals surface area contributed by atoms with Gasteiger partial charge in [-0.3, -0.25) is 14.2 Å². The number of benzene rings is 2. The number of hydrogen-bond donors (Lipinski definition) is 0. The maximum Gasteiger partial charge on any atom is 0.261 e. The lowest BCUT2D eigenvalue weighted by Gasteiger charge is -2.25. The highest BCUT2D eigenvalue weighted by Gasteiger charge is 2.17. The van der Waals surface area contributed by atoms with Crippen molar-refractivity contribution < 1.29 is 4.79 Å². The molecule has 1 amide bonds. The molecule has 140 valence electrons. The third-order valence-corrected chi connectivity index (χ3v) is 5.16. The van der Waals surface area contributed by atoms with Crippen LogP contribution in [0.25, 0.3) is 10.9 Å². The predicted octanol–water partition coefficient (Wildman–Crippen LogP) is 3.62. The molecule has 0 aliphatic heterocycles. The van der Waals surface area contributed by atoms with Gasteiger partial charge < -0.3 is 4.90 Å². The zero-order chi connectivity index (χ0) is 19.6. The van der Waals surface area contributed by atoms with Crippen molar-refractivity contribution in [2.75, 3.05) is 7.05 Å². The lowest BCUT2D eigenvalue weighted by atomic mass is 10.1. The van der Waals surface area contributed by atoms with E-state index in [1.807, 2.05) is 57.2 Å². The molecule has 0 saturated carbocycles. The van der Waals surface area contributed by atoms with Crippen LogP contribution < -0.4 is 5.56 Å². The van der Waals surface area contributed by atoms with Gasteiger partial charge in [0, 0.05) is 20.0 Å². The van der Waals surface area contributed by atoms with Crippen LogP contribution in [0.2, 0.25) is 0 Å². The van der Waals surface area contributed by atoms with Gasteiger partial charge in [0.1, 0.15) is 0 Å². The minimum Gasteiger partial charge on any atom is -0.339 e. The lowest BCUT2D eigenvalue weighted by molar-refractivity contribution is -0.132. The van der Waals surface area contributed by atoms with E-state index >= 15 is 0 Å². The first-order chi connectivity index (χ1) is 12.9. The quantitative estimate of drug-likeness (QED) is 0.696. The molecule has 0 radical (unpaired) electrons. The van der Waals surface area contributed by atoms with Gasteiger partial charge in [-0.15, -0.1) is 0 Å². The van der Waals surface area contributed by atoms with Crippen LogP contribution in [0.1, 0.15) is 36.1 Å². The molecule has 0 saturated heterocycles. The van der Waals surface area contributed by atoms with Crippen molar-refractivity contribution in [3.05, 3.63) is 75.8 Å². The molecule has 2 aromatic carbocycles. The van der Waals surface area contributed by atoms with E-state index in [-0.39, 0.29) is 23.9 Å². The van der Waals surface area contributed by atoms with E-state index in [1.165, 1.54) is 16.5 Å². The second-order valence-electron chi connectivity index (χ2n) is 7.06. The topological polar surface area (TPSA) is 55.2 Å². The van der Waals surface area contributed by atoms with Crippen LogP contribution in [0, 0.1) is 13.8 Å². The zero-order valence-corrected chi connectivity index (χ0v) is 16.3. The second-order valence-corrected chi connectivity index (χ2v) is 7.06. The Hall–Kier alpha value is -2.95. The van der Waals surface area contributed by atoms with E-state index < -0.39 is 0 Å². The fraction of sp³-hybridized carbons (Fsp3) is 0.318. The molecule has 0 aliphatic carbocycles. The van der Waals surface area contributed by atoms with Gasteiger partial charge in [-0.05, 0) is 38.0 Å². The van der Waals surface area contributed by atoms with Crippen LogP contribution in [0.4, 0.5) is 0 Å². The molecule has 3 aromatic rings. The van der Waals surface area contributed by atoms with Crippen LogP contribution >= 0.6 is 0 Å². The predicted molar refractivity (Wildman–Crippen MR) is 108 cm³/mol. The number of aromatic nitrogens is 2. The van der Waals surface area contributed by atoms with Crippen molar-refractivity contribution in [1.29, 1.82) is 0 Å². The van der Waals surface area contributed by atoms with Gasteiger partial charge >= 0.3 is 0 Å². The molecule has 3 rings (SSSR count). The van der Waals surface area contributed by atoms with Crippen LogP contribution in [0.5, 0.6) is 0 Å². The first-order valence-electron chi connectivity index (χ1n) is 9.15. The normalized spacial score (nSPS) is 12.1. The molecular formula is C22H25N3O2. The van der Waals surface area contributed by atoms with Crippen LogP contribution in [0.3, 0.4) is 0 Å². The maximum absolute atomic E-state index is 12.6. The number of nitrogens with zero attached hydrogens (tertiary/aromatic N) is 3. The molecule has 5 heteroatoms. The molecule has 0 fully saturated rings. The largest absolute Gasteiger partial charge is 0.339 e. The van der Waals surface area contributed by atoms with Crippen molar-refractivity contribution >= 4 is 16.8 Å². The molecule has 5 nitrogen and oxygen atoms in total. The molecular weight excluding hydrogens is 338 g/mol. The van der Waals surface area contributed by atoms with Gasteiger partial charge in [0.25, 0.3) is 5.56 Å². The average molecular weight is 363 g/mol. The van der Waals surface area contributed by atoms with E-state index in [9.17, 15) is 9.59 Å². The molecule has 1 heterocycles. The Morgan fingerprint density at radius 3 is 2.56 bits per heavy atom. The summed E-state index contributed by atoms with van der Waals surface area (Å²) in [6.07, 6.45) is 1.79. The summed E-state index contributed by atoms with van der Waals surface area (Å²) >= 11 is 0. The van der Waals surface area contributed by atoms with Crippen LogP contribution in [-0.4, -0.2) is 27.4 Å². The molecule has 0 N–H and O–H groups in total. The van der Waals surface area contributed by atoms with Gasteiger partial charge in [-0.2, -0.15) is 0 Å². The highest BCUT2D eigenvalue weighted by molar-refractivity contribution is 5.80. The van der Waals surface area contributed by atoms with E-state index in [1.54, 1.807) is 18.0 Å². The summed E-state index contributed by atoms with van der Waals surface area (Å²) < 4.78 is 1.52. The fourth-order valence-electron chi connectivity index (χ4n) is 3.17. The summed E-state index contributed by atoms with van der Waals surface area (Å²) in [6.45, 7) is 6.30. The SMILES string of the molecule is Cc1ccc(C(C)N(C)C(=O)CCn2cnc3c(C)cccc3c2=O)cc1. The third-order valence-electron chi connectivity index (χ3n) is 5.16. The number of carbonyl (C=O) groups excluding carboxylic acids is 1. The van der Waals surface area contributed by atoms with Crippen molar-refractivity contribution in [2.24, 2.45) is 0 Å². The van der Waals surface area contributed by atoms with Gasteiger partial charge in [0.15, 0.2) is 0 Å². The van der Waals surface area contributed by atoms with Gasteiger partial charge in [0.2, 0.25) is 5.91 Å². The van der Waals surface area contributed by atoms with Crippen LogP contribution in [0.15, 0.2) is 53.6 Å². The lowest BCUT2D eigenvalue weighted by Crippen LogP contribution is -2.31. The van der Waals surface area contributed by atoms with Gasteiger partial charge in [0.05, 0.1) is 23.3 Å². The smallest absolute Gasteiger partial charge is 0.261 e. The number of aryl methyl sites for hydroxylation is 3. The molecule has 1 unspecified atom stereocenters. The summed E-state index contributed by atoms with van der Waals surface area (Å²) in [5.74, 6) is -0.000635.